The van der Waals surface area contributed by atoms with Gasteiger partial charge >= 0.3 is 12.1 Å². The maximum Gasteiger partial charge on any atom is 0.419 e. The molecule has 0 aliphatic heterocycles. The molecule has 1 aliphatic carbocycles. The van der Waals surface area contributed by atoms with E-state index in [1.807, 2.05) is 0 Å². The van der Waals surface area contributed by atoms with E-state index in [9.17, 15) is 18.0 Å². The Balaban J connectivity index is 2.28. The molecule has 0 saturated heterocycles. The van der Waals surface area contributed by atoms with E-state index in [1.54, 1.807) is 26.0 Å². The van der Waals surface area contributed by atoms with Gasteiger partial charge in [-0.15, -0.1) is 0 Å². The molecule has 0 bridgehead atoms. The first-order valence-corrected chi connectivity index (χ1v) is 10.8. The van der Waals surface area contributed by atoms with Crippen molar-refractivity contribution in [3.05, 3.63) is 52.1 Å². The fourth-order valence-electron chi connectivity index (χ4n) is 3.68. The van der Waals surface area contributed by atoms with Crippen LogP contribution in [0.3, 0.4) is 0 Å². The van der Waals surface area contributed by atoms with Crippen LogP contribution in [0.25, 0.3) is 11.1 Å². The minimum Gasteiger partial charge on any atom is -0.490 e. The van der Waals surface area contributed by atoms with E-state index in [2.05, 4.69) is 10.2 Å². The van der Waals surface area contributed by atoms with E-state index in [0.717, 1.165) is 12.8 Å². The molecule has 33 heavy (non-hydrogen) atoms. The number of rotatable bonds is 7. The van der Waals surface area contributed by atoms with Gasteiger partial charge in [-0.25, -0.2) is 8.78 Å². The number of hydrogen-bond donors (Lipinski definition) is 1. The average Bonchev–Trinajstić information content (AvgIpc) is 3.48. The Kier molecular flexibility index (Phi) is 6.91. The first kappa shape index (κ1) is 25.2. The molecule has 0 amide bonds. The molecule has 2 aromatic carbocycles. The first-order chi connectivity index (χ1) is 15.3. The number of carbonyl (C=O) groups is 1. The topological polar surface area (TPSA) is 61.5 Å². The third-order valence-corrected chi connectivity index (χ3v) is 5.82. The van der Waals surface area contributed by atoms with Crippen molar-refractivity contribution in [1.29, 1.82) is 0 Å². The molecule has 2 N–H and O–H groups in total. The molecule has 0 heterocycles. The van der Waals surface area contributed by atoms with Gasteiger partial charge in [-0.3, -0.25) is 4.79 Å². The van der Waals surface area contributed by atoms with E-state index in [4.69, 9.17) is 15.2 Å². The summed E-state index contributed by atoms with van der Waals surface area (Å²) in [5.74, 6) is -3.73. The lowest BCUT2D eigenvalue weighted by Gasteiger charge is -2.28. The summed E-state index contributed by atoms with van der Waals surface area (Å²) in [6.07, 6.45) is -4.24. The maximum absolute atomic E-state index is 15.8. The normalized spacial score (nSPS) is 15.8. The van der Waals surface area contributed by atoms with Crippen LogP contribution in [0.15, 0.2) is 18.2 Å². The lowest BCUT2D eigenvalue weighted by molar-refractivity contribution is -0.143. The molecule has 0 unspecified atom stereocenters. The molecule has 0 spiro atoms. The molecular formula is C23H23F5NO3Si. The SMILES string of the molecule is CCOC(=O)C[C@](N)([Si])c1c(F)c(-c2c(C)ccc(OC3CC3)c2C)cc(C(F)(F)F)c1F. The van der Waals surface area contributed by atoms with E-state index in [-0.39, 0.29) is 18.3 Å². The zero-order chi connectivity index (χ0) is 24.7. The van der Waals surface area contributed by atoms with Crippen molar-refractivity contribution in [3.8, 4) is 16.9 Å². The number of hydrogen-bond acceptors (Lipinski definition) is 4. The number of aryl methyl sites for hydroxylation is 1. The molecule has 4 nitrogen and oxygen atoms in total. The molecule has 0 aromatic heterocycles. The van der Waals surface area contributed by atoms with Crippen LogP contribution in [-0.4, -0.2) is 28.9 Å². The predicted molar refractivity (Wildman–Crippen MR) is 113 cm³/mol. The minimum absolute atomic E-state index is 0.00197. The molecule has 3 rings (SSSR count). The number of nitrogens with two attached hydrogens (primary N) is 1. The Hall–Kier alpha value is -2.46. The summed E-state index contributed by atoms with van der Waals surface area (Å²) in [6.45, 7) is 4.67. The van der Waals surface area contributed by atoms with E-state index in [1.165, 1.54) is 6.92 Å². The van der Waals surface area contributed by atoms with Crippen molar-refractivity contribution in [2.75, 3.05) is 6.61 Å². The summed E-state index contributed by atoms with van der Waals surface area (Å²) in [6, 6.07) is 3.69. The van der Waals surface area contributed by atoms with Crippen LogP contribution >= 0.6 is 0 Å². The van der Waals surface area contributed by atoms with Crippen LogP contribution in [0.4, 0.5) is 22.0 Å². The third kappa shape index (κ3) is 5.21. The van der Waals surface area contributed by atoms with Gasteiger partial charge in [-0.05, 0) is 62.4 Å². The fraction of sp³-hybridized carbons (Fsp3) is 0.435. The van der Waals surface area contributed by atoms with Crippen molar-refractivity contribution in [1.82, 2.24) is 0 Å². The molecule has 3 radical (unpaired) electrons. The van der Waals surface area contributed by atoms with Crippen molar-refractivity contribution in [2.24, 2.45) is 5.73 Å². The van der Waals surface area contributed by atoms with Crippen molar-refractivity contribution < 1.29 is 36.2 Å². The van der Waals surface area contributed by atoms with Crippen LogP contribution < -0.4 is 10.5 Å². The van der Waals surface area contributed by atoms with E-state index in [0.29, 0.717) is 22.9 Å². The van der Waals surface area contributed by atoms with Gasteiger partial charge in [-0.2, -0.15) is 13.2 Å². The van der Waals surface area contributed by atoms with Crippen LogP contribution in [0.2, 0.25) is 0 Å². The molecule has 2 aromatic rings. The lowest BCUT2D eigenvalue weighted by Crippen LogP contribution is -2.42. The Morgan fingerprint density at radius 3 is 2.36 bits per heavy atom. The Morgan fingerprint density at radius 1 is 1.18 bits per heavy atom. The monoisotopic (exact) mass is 484 g/mol. The van der Waals surface area contributed by atoms with Gasteiger partial charge in [0.05, 0.1) is 34.9 Å². The molecule has 1 saturated carbocycles. The van der Waals surface area contributed by atoms with Gasteiger partial charge in [0.1, 0.15) is 17.4 Å². The predicted octanol–water partition coefficient (Wildman–Crippen LogP) is 5.04. The fourth-order valence-corrected chi connectivity index (χ4v) is 4.04. The molecule has 1 aliphatic rings. The van der Waals surface area contributed by atoms with Gasteiger partial charge in [0.25, 0.3) is 0 Å². The van der Waals surface area contributed by atoms with Gasteiger partial charge in [0, 0.05) is 16.3 Å². The number of halogens is 5. The van der Waals surface area contributed by atoms with Crippen LogP contribution in [0.1, 0.15) is 48.4 Å². The van der Waals surface area contributed by atoms with Gasteiger partial charge < -0.3 is 15.2 Å². The van der Waals surface area contributed by atoms with Gasteiger partial charge in [0.2, 0.25) is 0 Å². The highest BCUT2D eigenvalue weighted by Crippen LogP contribution is 2.44. The Labute approximate surface area is 191 Å². The second-order valence-corrected chi connectivity index (χ2v) is 9.02. The van der Waals surface area contributed by atoms with E-state index >= 15 is 8.78 Å². The maximum atomic E-state index is 15.8. The van der Waals surface area contributed by atoms with Gasteiger partial charge in [-0.1, -0.05) is 6.07 Å². The highest BCUT2D eigenvalue weighted by atomic mass is 28.1. The summed E-state index contributed by atoms with van der Waals surface area (Å²) in [5.41, 5.74) is 3.66. The summed E-state index contributed by atoms with van der Waals surface area (Å²) >= 11 is 0. The smallest absolute Gasteiger partial charge is 0.419 e. The number of ether oxygens (including phenoxy) is 2. The van der Waals surface area contributed by atoms with Gasteiger partial charge in [0.15, 0.2) is 0 Å². The van der Waals surface area contributed by atoms with Crippen molar-refractivity contribution in [3.63, 3.8) is 0 Å². The average molecular weight is 485 g/mol. The molecule has 10 heteroatoms. The Bertz CT molecular complexity index is 1080. The molecule has 177 valence electrons. The number of carbonyl (C=O) groups excluding carboxylic acids is 1. The minimum atomic E-state index is -5.14. The highest BCUT2D eigenvalue weighted by Gasteiger charge is 2.42. The molecular weight excluding hydrogens is 461 g/mol. The second-order valence-electron chi connectivity index (χ2n) is 8.12. The first-order valence-electron chi connectivity index (χ1n) is 10.3. The number of esters is 1. The van der Waals surface area contributed by atoms with Crippen LogP contribution in [0.5, 0.6) is 5.75 Å². The summed E-state index contributed by atoms with van der Waals surface area (Å²) in [4.78, 5) is 11.9. The number of alkyl halides is 3. The molecule has 1 fully saturated rings. The summed E-state index contributed by atoms with van der Waals surface area (Å²) in [7, 11) is 2.93. The third-order valence-electron chi connectivity index (χ3n) is 5.39. The van der Waals surface area contributed by atoms with Crippen molar-refractivity contribution in [2.45, 2.75) is 57.5 Å². The quantitative estimate of drug-likeness (QED) is 0.340. The largest absolute Gasteiger partial charge is 0.490 e. The Morgan fingerprint density at radius 2 is 1.82 bits per heavy atom. The lowest BCUT2D eigenvalue weighted by atomic mass is 9.88. The zero-order valence-corrected chi connectivity index (χ0v) is 19.3. The molecule has 1 atom stereocenters. The summed E-state index contributed by atoms with van der Waals surface area (Å²) in [5, 5.41) is -2.29. The highest BCUT2D eigenvalue weighted by molar-refractivity contribution is 6.17. The van der Waals surface area contributed by atoms with Crippen molar-refractivity contribution >= 4 is 16.2 Å². The second kappa shape index (κ2) is 9.06. The van der Waals surface area contributed by atoms with Crippen LogP contribution in [-0.2, 0) is 20.9 Å². The zero-order valence-electron chi connectivity index (χ0n) is 18.3. The standard InChI is InChI=1S/C23H23F5NO3Si/c1-4-31-17(30)10-22(29,33)19-20(24)14(9-15(21(19)25)23(26,27)28)18-11(2)5-8-16(12(18)3)32-13-6-7-13/h5,8-9,13H,4,6-7,10,29H2,1-3H3/t22-/m0/s1. The summed E-state index contributed by atoms with van der Waals surface area (Å²) < 4.78 is 82.7. The van der Waals surface area contributed by atoms with Crippen LogP contribution in [0, 0.1) is 25.5 Å². The number of benzene rings is 2. The van der Waals surface area contributed by atoms with E-state index < -0.39 is 52.1 Å².